The Bertz CT molecular complexity index is 251. The Morgan fingerprint density at radius 2 is 2.15 bits per heavy atom. The summed E-state index contributed by atoms with van der Waals surface area (Å²) in [5, 5.41) is 2.70. The molecule has 0 radical (unpaired) electrons. The van der Waals surface area contributed by atoms with Gasteiger partial charge in [0.15, 0.2) is 10.6 Å². The zero-order valence-electron chi connectivity index (χ0n) is 7.43. The normalized spacial score (nSPS) is 26.2. The van der Waals surface area contributed by atoms with Crippen LogP contribution in [0.5, 0.6) is 0 Å². The molecule has 1 aliphatic rings. The maximum atomic E-state index is 11.5. The average molecular weight is 224 g/mol. The van der Waals surface area contributed by atoms with Crippen LogP contribution in [0.3, 0.4) is 0 Å². The molecule has 13 heavy (non-hydrogen) atoms. The number of hydrogen-bond acceptors (Lipinski definition) is 2. The first-order valence-corrected chi connectivity index (χ1v) is 4.85. The van der Waals surface area contributed by atoms with Crippen molar-refractivity contribution in [1.82, 2.24) is 5.32 Å². The molecule has 0 aromatic heterocycles. The Morgan fingerprint density at radius 1 is 1.62 bits per heavy atom. The summed E-state index contributed by atoms with van der Waals surface area (Å²) in [5.74, 6) is -0.830. The molecule has 5 heteroatoms. The number of carbonyl (C=O) groups excluding carboxylic acids is 2. The van der Waals surface area contributed by atoms with Crippen molar-refractivity contribution in [3.63, 3.8) is 0 Å². The third-order valence-corrected chi connectivity index (χ3v) is 2.71. The largest absolute Gasteiger partial charge is 0.350 e. The van der Waals surface area contributed by atoms with Crippen molar-refractivity contribution in [2.45, 2.75) is 30.6 Å². The zero-order chi connectivity index (χ0) is 10.2. The van der Waals surface area contributed by atoms with Crippen LogP contribution in [0.4, 0.5) is 0 Å². The van der Waals surface area contributed by atoms with Gasteiger partial charge in [-0.2, -0.15) is 0 Å². The van der Waals surface area contributed by atoms with Gasteiger partial charge < -0.3 is 5.32 Å². The van der Waals surface area contributed by atoms with E-state index in [0.29, 0.717) is 0 Å². The lowest BCUT2D eigenvalue weighted by Gasteiger charge is -2.25. The minimum absolute atomic E-state index is 0.127. The van der Waals surface area contributed by atoms with Crippen molar-refractivity contribution >= 4 is 34.9 Å². The Kier molecular flexibility index (Phi) is 2.88. The van der Waals surface area contributed by atoms with Crippen LogP contribution in [0.1, 0.15) is 20.3 Å². The predicted octanol–water partition coefficient (Wildman–Crippen LogP) is 1.27. The molecule has 74 valence electrons. The summed E-state index contributed by atoms with van der Waals surface area (Å²) in [6.07, 6.45) is 0.182. The van der Waals surface area contributed by atoms with Gasteiger partial charge in [-0.15, -0.1) is 0 Å². The fraction of sp³-hybridized carbons (Fsp3) is 0.750. The first-order chi connectivity index (χ1) is 5.84. The van der Waals surface area contributed by atoms with Gasteiger partial charge >= 0.3 is 0 Å². The molecule has 1 heterocycles. The first kappa shape index (κ1) is 10.8. The fourth-order valence-electron chi connectivity index (χ4n) is 1.55. The van der Waals surface area contributed by atoms with Crippen molar-refractivity contribution in [1.29, 1.82) is 0 Å². The summed E-state index contributed by atoms with van der Waals surface area (Å²) in [5.41, 5.74) is -0.532. The predicted molar refractivity (Wildman–Crippen MR) is 50.8 cm³/mol. The molecule has 0 aliphatic carbocycles. The van der Waals surface area contributed by atoms with Crippen LogP contribution in [0, 0.1) is 5.92 Å². The minimum atomic E-state index is -1.04. The third kappa shape index (κ3) is 2.15. The van der Waals surface area contributed by atoms with Gasteiger partial charge in [0.25, 0.3) is 0 Å². The average Bonchev–Trinajstić information content (AvgIpc) is 2.22. The molecule has 0 aromatic carbocycles. The second-order valence-electron chi connectivity index (χ2n) is 3.73. The fourth-order valence-corrected chi connectivity index (χ4v) is 1.85. The summed E-state index contributed by atoms with van der Waals surface area (Å²) in [4.78, 5) is 21.5. The Morgan fingerprint density at radius 3 is 2.46 bits per heavy atom. The van der Waals surface area contributed by atoms with E-state index in [2.05, 4.69) is 5.32 Å². The molecule has 0 bridgehead atoms. The molecule has 1 rings (SSSR count). The number of hydrogen-bond donors (Lipinski definition) is 1. The molecular formula is C8H11Cl2NO2. The number of rotatable bonds is 2. The minimum Gasteiger partial charge on any atom is -0.350 e. The van der Waals surface area contributed by atoms with Gasteiger partial charge in [-0.05, 0) is 13.8 Å². The number of alkyl halides is 2. The number of ketones is 1. The quantitative estimate of drug-likeness (QED) is 0.718. The van der Waals surface area contributed by atoms with Gasteiger partial charge in [-0.1, -0.05) is 23.2 Å². The monoisotopic (exact) mass is 223 g/mol. The summed E-state index contributed by atoms with van der Waals surface area (Å²) in [6, 6.07) is 0. The molecule has 1 fully saturated rings. The molecule has 0 spiro atoms. The molecule has 1 unspecified atom stereocenters. The van der Waals surface area contributed by atoms with Crippen LogP contribution in [-0.2, 0) is 9.59 Å². The van der Waals surface area contributed by atoms with E-state index in [0.717, 1.165) is 0 Å². The molecule has 3 nitrogen and oxygen atoms in total. The Labute approximate surface area is 86.8 Å². The van der Waals surface area contributed by atoms with E-state index in [4.69, 9.17) is 23.2 Å². The number of amides is 1. The van der Waals surface area contributed by atoms with Crippen molar-refractivity contribution in [2.24, 2.45) is 5.92 Å². The van der Waals surface area contributed by atoms with Crippen molar-refractivity contribution in [3.05, 3.63) is 0 Å². The third-order valence-electron chi connectivity index (χ3n) is 2.28. The molecule has 1 aliphatic heterocycles. The van der Waals surface area contributed by atoms with Crippen molar-refractivity contribution in [2.75, 3.05) is 0 Å². The van der Waals surface area contributed by atoms with Gasteiger partial charge in [0.05, 0.1) is 5.92 Å². The van der Waals surface area contributed by atoms with E-state index in [9.17, 15) is 9.59 Å². The van der Waals surface area contributed by atoms with Crippen LogP contribution < -0.4 is 5.32 Å². The van der Waals surface area contributed by atoms with E-state index in [1.807, 2.05) is 0 Å². The van der Waals surface area contributed by atoms with E-state index in [1.165, 1.54) is 0 Å². The van der Waals surface area contributed by atoms with Gasteiger partial charge in [-0.3, -0.25) is 9.59 Å². The number of carbonyl (C=O) groups is 2. The lowest BCUT2D eigenvalue weighted by atomic mass is 9.86. The maximum Gasteiger partial charge on any atom is 0.221 e. The van der Waals surface area contributed by atoms with Crippen molar-refractivity contribution in [3.8, 4) is 0 Å². The van der Waals surface area contributed by atoms with Gasteiger partial charge in [0, 0.05) is 12.0 Å². The molecule has 1 saturated heterocycles. The highest BCUT2D eigenvalue weighted by atomic mass is 35.5. The lowest BCUT2D eigenvalue weighted by Crippen LogP contribution is -2.43. The maximum absolute atomic E-state index is 11.5. The number of nitrogens with one attached hydrogen (secondary N) is 1. The van der Waals surface area contributed by atoms with Crippen LogP contribution in [0.15, 0.2) is 0 Å². The first-order valence-electron chi connectivity index (χ1n) is 3.97. The molecule has 1 N–H and O–H groups in total. The SMILES string of the molecule is CC1(C)NC(=O)CC1C(=O)C(Cl)Cl. The summed E-state index contributed by atoms with van der Waals surface area (Å²) < 4.78 is 0. The molecule has 0 aromatic rings. The topological polar surface area (TPSA) is 46.2 Å². The second kappa shape index (κ2) is 3.46. The highest BCUT2D eigenvalue weighted by Gasteiger charge is 2.44. The molecule has 1 amide bonds. The smallest absolute Gasteiger partial charge is 0.221 e. The van der Waals surface area contributed by atoms with Gasteiger partial charge in [0.2, 0.25) is 5.91 Å². The summed E-state index contributed by atoms with van der Waals surface area (Å²) in [6.45, 7) is 3.58. The van der Waals surface area contributed by atoms with E-state index >= 15 is 0 Å². The summed E-state index contributed by atoms with van der Waals surface area (Å²) in [7, 11) is 0. The number of halogens is 2. The van der Waals surface area contributed by atoms with E-state index in [-0.39, 0.29) is 18.1 Å². The highest BCUT2D eigenvalue weighted by molar-refractivity contribution is 6.54. The molecular weight excluding hydrogens is 213 g/mol. The second-order valence-corrected chi connectivity index (χ2v) is 4.83. The highest BCUT2D eigenvalue weighted by Crippen LogP contribution is 2.30. The van der Waals surface area contributed by atoms with E-state index < -0.39 is 16.3 Å². The number of Topliss-reactive ketones (excluding diaryl/α,β-unsaturated/α-hetero) is 1. The molecule has 1 atom stereocenters. The van der Waals surface area contributed by atoms with Crippen LogP contribution in [-0.4, -0.2) is 22.1 Å². The van der Waals surface area contributed by atoms with Crippen LogP contribution >= 0.6 is 23.2 Å². The van der Waals surface area contributed by atoms with Crippen LogP contribution in [0.2, 0.25) is 0 Å². The molecule has 0 saturated carbocycles. The summed E-state index contributed by atoms with van der Waals surface area (Å²) >= 11 is 10.9. The Balaban J connectivity index is 2.81. The Hall–Kier alpha value is -0.280. The zero-order valence-corrected chi connectivity index (χ0v) is 8.95. The van der Waals surface area contributed by atoms with Crippen LogP contribution in [0.25, 0.3) is 0 Å². The van der Waals surface area contributed by atoms with Gasteiger partial charge in [0.1, 0.15) is 0 Å². The van der Waals surface area contributed by atoms with Gasteiger partial charge in [-0.25, -0.2) is 0 Å². The van der Waals surface area contributed by atoms with Crippen molar-refractivity contribution < 1.29 is 9.59 Å². The van der Waals surface area contributed by atoms with E-state index in [1.54, 1.807) is 13.8 Å². The standard InChI is InChI=1S/C8H11Cl2NO2/c1-8(2)4(3-5(12)11-8)6(13)7(9)10/h4,7H,3H2,1-2H3,(H,11,12). The lowest BCUT2D eigenvalue weighted by molar-refractivity contribution is -0.124.